The minimum atomic E-state index is -0.201. The third-order valence-corrected chi connectivity index (χ3v) is 3.25. The van der Waals surface area contributed by atoms with E-state index in [9.17, 15) is 4.79 Å². The van der Waals surface area contributed by atoms with Crippen LogP contribution in [0, 0.1) is 13.8 Å². The van der Waals surface area contributed by atoms with Crippen molar-refractivity contribution in [3.63, 3.8) is 0 Å². The zero-order chi connectivity index (χ0) is 15.1. The average Bonchev–Trinajstić information content (AvgIpc) is 2.45. The lowest BCUT2D eigenvalue weighted by Crippen LogP contribution is -2.19. The van der Waals surface area contributed by atoms with E-state index in [1.54, 1.807) is 30.7 Å². The number of carbonyl (C=O) groups excluding carboxylic acids is 1. The summed E-state index contributed by atoms with van der Waals surface area (Å²) < 4.78 is 0. The van der Waals surface area contributed by atoms with Crippen LogP contribution in [0.15, 0.2) is 40.9 Å². The molecule has 1 N–H and O–H groups in total. The standard InChI is InChI=1S/C14H15N5OS/c1-10-7-11(2)18-14(17-10)21-9-13(20)19-16-8-12-3-5-15-6-4-12/h3-8H,9H2,1-2H3,(H,19,20)/b16-8+. The second kappa shape index (κ2) is 7.49. The maximum Gasteiger partial charge on any atom is 0.250 e. The Kier molecular flexibility index (Phi) is 5.39. The number of nitrogens with one attached hydrogen (secondary N) is 1. The van der Waals surface area contributed by atoms with Crippen LogP contribution in [0.2, 0.25) is 0 Å². The monoisotopic (exact) mass is 301 g/mol. The summed E-state index contributed by atoms with van der Waals surface area (Å²) in [4.78, 5) is 24.1. The molecule has 0 bridgehead atoms. The predicted molar refractivity (Wildman–Crippen MR) is 82.2 cm³/mol. The lowest BCUT2D eigenvalue weighted by molar-refractivity contribution is -0.118. The number of hydrogen-bond donors (Lipinski definition) is 1. The van der Waals surface area contributed by atoms with Gasteiger partial charge in [-0.05, 0) is 37.6 Å². The summed E-state index contributed by atoms with van der Waals surface area (Å²) in [6.07, 6.45) is 4.89. The second-order valence-electron chi connectivity index (χ2n) is 4.30. The van der Waals surface area contributed by atoms with Crippen molar-refractivity contribution < 1.29 is 4.79 Å². The number of amides is 1. The van der Waals surface area contributed by atoms with E-state index < -0.39 is 0 Å². The number of hydrogen-bond acceptors (Lipinski definition) is 6. The highest BCUT2D eigenvalue weighted by Crippen LogP contribution is 2.13. The summed E-state index contributed by atoms with van der Waals surface area (Å²) in [5.41, 5.74) is 5.12. The highest BCUT2D eigenvalue weighted by Gasteiger charge is 2.05. The molecule has 108 valence electrons. The van der Waals surface area contributed by atoms with Crippen LogP contribution >= 0.6 is 11.8 Å². The molecule has 2 aromatic heterocycles. The van der Waals surface area contributed by atoms with E-state index in [0.717, 1.165) is 17.0 Å². The van der Waals surface area contributed by atoms with Gasteiger partial charge in [0.05, 0.1) is 12.0 Å². The highest BCUT2D eigenvalue weighted by atomic mass is 32.2. The molecule has 2 aromatic rings. The molecule has 2 rings (SSSR count). The molecule has 2 heterocycles. The Morgan fingerprint density at radius 2 is 1.95 bits per heavy atom. The van der Waals surface area contributed by atoms with Crippen LogP contribution in [-0.2, 0) is 4.79 Å². The number of thioether (sulfide) groups is 1. The molecule has 0 aliphatic heterocycles. The fourth-order valence-corrected chi connectivity index (χ4v) is 2.29. The first-order valence-corrected chi connectivity index (χ1v) is 7.29. The number of aromatic nitrogens is 3. The van der Waals surface area contributed by atoms with Gasteiger partial charge in [0.1, 0.15) is 0 Å². The Hall–Kier alpha value is -2.28. The lowest BCUT2D eigenvalue weighted by atomic mass is 10.3. The first-order chi connectivity index (χ1) is 10.1. The second-order valence-corrected chi connectivity index (χ2v) is 5.24. The zero-order valence-corrected chi connectivity index (χ0v) is 12.6. The first-order valence-electron chi connectivity index (χ1n) is 6.30. The zero-order valence-electron chi connectivity index (χ0n) is 11.8. The largest absolute Gasteiger partial charge is 0.272 e. The SMILES string of the molecule is Cc1cc(C)nc(SCC(=O)N/N=C/c2ccncc2)n1. The van der Waals surface area contributed by atoms with Gasteiger partial charge in [-0.25, -0.2) is 15.4 Å². The van der Waals surface area contributed by atoms with Crippen molar-refractivity contribution in [1.82, 2.24) is 20.4 Å². The maximum atomic E-state index is 11.7. The molecule has 0 aromatic carbocycles. The summed E-state index contributed by atoms with van der Waals surface area (Å²) in [6.45, 7) is 3.80. The lowest BCUT2D eigenvalue weighted by Gasteiger charge is -2.02. The normalized spacial score (nSPS) is 10.8. The van der Waals surface area contributed by atoms with E-state index in [0.29, 0.717) is 5.16 Å². The Bertz CT molecular complexity index is 625. The molecule has 0 saturated carbocycles. The predicted octanol–water partition coefficient (Wildman–Crippen LogP) is 1.73. The molecule has 21 heavy (non-hydrogen) atoms. The Morgan fingerprint density at radius 3 is 2.62 bits per heavy atom. The maximum absolute atomic E-state index is 11.7. The van der Waals surface area contributed by atoms with Gasteiger partial charge in [0.2, 0.25) is 0 Å². The fourth-order valence-electron chi connectivity index (χ4n) is 1.55. The molecule has 0 saturated heterocycles. The first kappa shape index (κ1) is 15.1. The van der Waals surface area contributed by atoms with E-state index in [1.807, 2.05) is 19.9 Å². The Labute approximate surface area is 127 Å². The van der Waals surface area contributed by atoms with Crippen molar-refractivity contribution in [3.8, 4) is 0 Å². The van der Waals surface area contributed by atoms with Crippen LogP contribution in [-0.4, -0.2) is 32.8 Å². The molecule has 0 fully saturated rings. The van der Waals surface area contributed by atoms with Gasteiger partial charge >= 0.3 is 0 Å². The van der Waals surface area contributed by atoms with Crippen molar-refractivity contribution in [2.24, 2.45) is 5.10 Å². The van der Waals surface area contributed by atoms with E-state index in [4.69, 9.17) is 0 Å². The third-order valence-electron chi connectivity index (χ3n) is 2.40. The van der Waals surface area contributed by atoms with Crippen LogP contribution < -0.4 is 5.43 Å². The molecule has 0 unspecified atom stereocenters. The number of rotatable bonds is 5. The Morgan fingerprint density at radius 1 is 1.29 bits per heavy atom. The van der Waals surface area contributed by atoms with Gasteiger partial charge < -0.3 is 0 Å². The quantitative estimate of drug-likeness (QED) is 0.394. The van der Waals surface area contributed by atoms with Gasteiger partial charge in [-0.15, -0.1) is 0 Å². The van der Waals surface area contributed by atoms with Crippen LogP contribution in [0.4, 0.5) is 0 Å². The molecule has 7 heteroatoms. The van der Waals surface area contributed by atoms with Crippen molar-refractivity contribution >= 4 is 23.9 Å². The molecule has 0 aliphatic carbocycles. The number of hydrazone groups is 1. The van der Waals surface area contributed by atoms with Crippen LogP contribution in [0.3, 0.4) is 0 Å². The van der Waals surface area contributed by atoms with E-state index >= 15 is 0 Å². The topological polar surface area (TPSA) is 80.1 Å². The molecule has 0 aliphatic rings. The van der Waals surface area contributed by atoms with Crippen molar-refractivity contribution in [2.45, 2.75) is 19.0 Å². The molecule has 1 amide bonds. The summed E-state index contributed by atoms with van der Waals surface area (Å²) in [5.74, 6) is 0.0180. The summed E-state index contributed by atoms with van der Waals surface area (Å²) in [5, 5.41) is 4.48. The number of nitrogens with zero attached hydrogens (tertiary/aromatic N) is 4. The summed E-state index contributed by atoms with van der Waals surface area (Å²) >= 11 is 1.28. The fraction of sp³-hybridized carbons (Fsp3) is 0.214. The highest BCUT2D eigenvalue weighted by molar-refractivity contribution is 7.99. The summed E-state index contributed by atoms with van der Waals surface area (Å²) in [6, 6.07) is 5.49. The van der Waals surface area contributed by atoms with E-state index in [-0.39, 0.29) is 11.7 Å². The van der Waals surface area contributed by atoms with Gasteiger partial charge in [-0.2, -0.15) is 5.10 Å². The molecule has 6 nitrogen and oxygen atoms in total. The molecule has 0 radical (unpaired) electrons. The van der Waals surface area contributed by atoms with Gasteiger partial charge in [0.25, 0.3) is 5.91 Å². The number of aryl methyl sites for hydroxylation is 2. The minimum absolute atomic E-state index is 0.201. The van der Waals surface area contributed by atoms with Crippen LogP contribution in [0.1, 0.15) is 17.0 Å². The van der Waals surface area contributed by atoms with Gasteiger partial charge in [0, 0.05) is 23.8 Å². The van der Waals surface area contributed by atoms with Crippen molar-refractivity contribution in [3.05, 3.63) is 47.5 Å². The van der Waals surface area contributed by atoms with E-state index in [2.05, 4.69) is 25.5 Å². The molecule has 0 spiro atoms. The third kappa shape index (κ3) is 5.31. The summed E-state index contributed by atoms with van der Waals surface area (Å²) in [7, 11) is 0. The smallest absolute Gasteiger partial charge is 0.250 e. The minimum Gasteiger partial charge on any atom is -0.272 e. The molecular formula is C14H15N5OS. The van der Waals surface area contributed by atoms with Crippen LogP contribution in [0.5, 0.6) is 0 Å². The van der Waals surface area contributed by atoms with Crippen molar-refractivity contribution in [2.75, 3.05) is 5.75 Å². The number of carbonyl (C=O) groups is 1. The molecule has 0 atom stereocenters. The van der Waals surface area contributed by atoms with Crippen LogP contribution in [0.25, 0.3) is 0 Å². The van der Waals surface area contributed by atoms with Gasteiger partial charge in [-0.3, -0.25) is 9.78 Å². The Balaban J connectivity index is 1.81. The molecular weight excluding hydrogens is 286 g/mol. The van der Waals surface area contributed by atoms with Crippen molar-refractivity contribution in [1.29, 1.82) is 0 Å². The van der Waals surface area contributed by atoms with E-state index in [1.165, 1.54) is 11.8 Å². The van der Waals surface area contributed by atoms with Gasteiger partial charge in [-0.1, -0.05) is 11.8 Å². The number of pyridine rings is 1. The average molecular weight is 301 g/mol. The van der Waals surface area contributed by atoms with Gasteiger partial charge in [0.15, 0.2) is 5.16 Å².